The maximum Gasteiger partial charge on any atom is 0.276 e. The van der Waals surface area contributed by atoms with Crippen LogP contribution in [0.15, 0.2) is 12.1 Å². The van der Waals surface area contributed by atoms with Crippen molar-refractivity contribution in [2.24, 2.45) is 5.92 Å². The molecule has 88 valence electrons. The lowest BCUT2D eigenvalue weighted by atomic mass is 10.2. The summed E-state index contributed by atoms with van der Waals surface area (Å²) in [4.78, 5) is 16.1. The molecule has 1 rings (SSSR count). The molecule has 0 bridgehead atoms. The molecule has 0 saturated carbocycles. The molecule has 0 aliphatic heterocycles. The van der Waals surface area contributed by atoms with Crippen molar-refractivity contribution in [2.75, 3.05) is 24.2 Å². The Morgan fingerprint density at radius 3 is 2.69 bits per heavy atom. The summed E-state index contributed by atoms with van der Waals surface area (Å²) < 4.78 is 0. The Morgan fingerprint density at radius 1 is 1.56 bits per heavy atom. The number of nitro groups is 1. The van der Waals surface area contributed by atoms with Crippen LogP contribution >= 0.6 is 0 Å². The van der Waals surface area contributed by atoms with E-state index in [0.717, 1.165) is 6.54 Å². The molecule has 6 nitrogen and oxygen atoms in total. The second-order valence-electron chi connectivity index (χ2n) is 4.14. The largest absolute Gasteiger partial charge is 0.383 e. The molecule has 1 aromatic rings. The van der Waals surface area contributed by atoms with Crippen LogP contribution in [0.2, 0.25) is 0 Å². The van der Waals surface area contributed by atoms with Gasteiger partial charge in [-0.2, -0.15) is 0 Å². The first-order valence-electron chi connectivity index (χ1n) is 5.03. The van der Waals surface area contributed by atoms with E-state index in [4.69, 9.17) is 5.73 Å². The monoisotopic (exact) mass is 224 g/mol. The maximum atomic E-state index is 10.7. The van der Waals surface area contributed by atoms with E-state index < -0.39 is 4.92 Å². The molecule has 0 aliphatic rings. The number of anilines is 2. The van der Waals surface area contributed by atoms with Crippen molar-refractivity contribution < 1.29 is 4.92 Å². The van der Waals surface area contributed by atoms with Gasteiger partial charge in [0.2, 0.25) is 0 Å². The number of nitrogens with two attached hydrogens (primary N) is 1. The van der Waals surface area contributed by atoms with E-state index in [0.29, 0.717) is 11.7 Å². The number of hydrogen-bond acceptors (Lipinski definition) is 5. The molecule has 0 saturated heterocycles. The summed E-state index contributed by atoms with van der Waals surface area (Å²) >= 11 is 0. The summed E-state index contributed by atoms with van der Waals surface area (Å²) in [5.74, 6) is 1.15. The molecule has 1 heterocycles. The Bertz CT molecular complexity index is 392. The SMILES string of the molecule is CC(C)CN(C)c1cc([N+](=O)[O-])cc(N)n1. The fourth-order valence-electron chi connectivity index (χ4n) is 1.46. The van der Waals surface area contributed by atoms with Crippen LogP contribution in [0.4, 0.5) is 17.3 Å². The highest BCUT2D eigenvalue weighted by atomic mass is 16.6. The van der Waals surface area contributed by atoms with E-state index in [1.807, 2.05) is 11.9 Å². The highest BCUT2D eigenvalue weighted by Crippen LogP contribution is 2.21. The van der Waals surface area contributed by atoms with Gasteiger partial charge in [-0.05, 0) is 5.92 Å². The third kappa shape index (κ3) is 3.08. The van der Waals surface area contributed by atoms with Gasteiger partial charge in [-0.1, -0.05) is 13.8 Å². The highest BCUT2D eigenvalue weighted by molar-refractivity contribution is 5.53. The Hall–Kier alpha value is -1.85. The van der Waals surface area contributed by atoms with Crippen LogP contribution in [-0.4, -0.2) is 23.5 Å². The van der Waals surface area contributed by atoms with E-state index in [1.165, 1.54) is 12.1 Å². The first-order chi connectivity index (χ1) is 7.40. The lowest BCUT2D eigenvalue weighted by Crippen LogP contribution is -2.23. The second kappa shape index (κ2) is 4.78. The van der Waals surface area contributed by atoms with Gasteiger partial charge in [0.15, 0.2) is 0 Å². The molecule has 0 aliphatic carbocycles. The smallest absolute Gasteiger partial charge is 0.276 e. The van der Waals surface area contributed by atoms with Crippen molar-refractivity contribution in [1.82, 2.24) is 4.98 Å². The van der Waals surface area contributed by atoms with Gasteiger partial charge >= 0.3 is 0 Å². The van der Waals surface area contributed by atoms with Crippen molar-refractivity contribution in [2.45, 2.75) is 13.8 Å². The van der Waals surface area contributed by atoms with Crippen LogP contribution in [0.5, 0.6) is 0 Å². The van der Waals surface area contributed by atoms with Crippen LogP contribution in [0.1, 0.15) is 13.8 Å². The minimum absolute atomic E-state index is 0.0295. The van der Waals surface area contributed by atoms with Gasteiger partial charge in [0, 0.05) is 13.6 Å². The number of nitrogen functional groups attached to an aromatic ring is 1. The molecule has 0 amide bonds. The fraction of sp³-hybridized carbons (Fsp3) is 0.500. The number of rotatable bonds is 4. The van der Waals surface area contributed by atoms with Gasteiger partial charge in [0.05, 0.1) is 17.1 Å². The van der Waals surface area contributed by atoms with Crippen molar-refractivity contribution in [3.8, 4) is 0 Å². The molecular formula is C10H16N4O2. The third-order valence-corrected chi connectivity index (χ3v) is 2.06. The summed E-state index contributed by atoms with van der Waals surface area (Å²) in [5.41, 5.74) is 5.49. The number of hydrogen-bond donors (Lipinski definition) is 1. The maximum absolute atomic E-state index is 10.7. The molecule has 0 aromatic carbocycles. The average Bonchev–Trinajstić information content (AvgIpc) is 2.15. The Morgan fingerprint density at radius 2 is 2.19 bits per heavy atom. The van der Waals surface area contributed by atoms with E-state index >= 15 is 0 Å². The predicted molar refractivity (Wildman–Crippen MR) is 63.4 cm³/mol. The summed E-state index contributed by atoms with van der Waals surface area (Å²) in [5, 5.41) is 10.7. The predicted octanol–water partition coefficient (Wildman–Crippen LogP) is 1.66. The number of aromatic nitrogens is 1. The van der Waals surface area contributed by atoms with Crippen LogP contribution < -0.4 is 10.6 Å². The molecule has 0 atom stereocenters. The van der Waals surface area contributed by atoms with Crippen LogP contribution in [0.25, 0.3) is 0 Å². The summed E-state index contributed by atoms with van der Waals surface area (Å²) in [6, 6.07) is 2.69. The summed E-state index contributed by atoms with van der Waals surface area (Å²) in [6.45, 7) is 4.90. The second-order valence-corrected chi connectivity index (χ2v) is 4.14. The van der Waals surface area contributed by atoms with Crippen molar-refractivity contribution in [3.63, 3.8) is 0 Å². The van der Waals surface area contributed by atoms with Gasteiger partial charge in [-0.15, -0.1) is 0 Å². The highest BCUT2D eigenvalue weighted by Gasteiger charge is 2.13. The number of nitrogens with zero attached hydrogens (tertiary/aromatic N) is 3. The first kappa shape index (κ1) is 12.2. The van der Waals surface area contributed by atoms with Gasteiger partial charge in [-0.3, -0.25) is 10.1 Å². The average molecular weight is 224 g/mol. The first-order valence-corrected chi connectivity index (χ1v) is 5.03. The van der Waals surface area contributed by atoms with Crippen LogP contribution in [0.3, 0.4) is 0 Å². The molecule has 0 spiro atoms. The van der Waals surface area contributed by atoms with Gasteiger partial charge in [0.1, 0.15) is 11.6 Å². The third-order valence-electron chi connectivity index (χ3n) is 2.06. The molecular weight excluding hydrogens is 208 g/mol. The molecule has 0 fully saturated rings. The van der Waals surface area contributed by atoms with E-state index in [9.17, 15) is 10.1 Å². The normalized spacial score (nSPS) is 10.5. The van der Waals surface area contributed by atoms with Gasteiger partial charge in [-0.25, -0.2) is 4.98 Å². The van der Waals surface area contributed by atoms with E-state index in [1.54, 1.807) is 0 Å². The van der Waals surface area contributed by atoms with Gasteiger partial charge in [0.25, 0.3) is 5.69 Å². The van der Waals surface area contributed by atoms with E-state index in [-0.39, 0.29) is 11.5 Å². The minimum atomic E-state index is -0.468. The zero-order chi connectivity index (χ0) is 12.3. The molecule has 16 heavy (non-hydrogen) atoms. The van der Waals surface area contributed by atoms with E-state index in [2.05, 4.69) is 18.8 Å². The lowest BCUT2D eigenvalue weighted by molar-refractivity contribution is -0.384. The molecule has 1 aromatic heterocycles. The molecule has 6 heteroatoms. The molecule has 0 radical (unpaired) electrons. The summed E-state index contributed by atoms with van der Waals surface area (Å²) in [6.07, 6.45) is 0. The summed E-state index contributed by atoms with van der Waals surface area (Å²) in [7, 11) is 1.84. The molecule has 0 unspecified atom stereocenters. The Kier molecular flexibility index (Phi) is 3.65. The number of pyridine rings is 1. The molecule has 2 N–H and O–H groups in total. The standard InChI is InChI=1S/C10H16N4O2/c1-7(2)6-13(3)10-5-8(14(15)16)4-9(11)12-10/h4-5,7H,6H2,1-3H3,(H2,11,12). The van der Waals surface area contributed by atoms with Crippen molar-refractivity contribution >= 4 is 17.3 Å². The van der Waals surface area contributed by atoms with Gasteiger partial charge < -0.3 is 10.6 Å². The lowest BCUT2D eigenvalue weighted by Gasteiger charge is -2.20. The van der Waals surface area contributed by atoms with Crippen molar-refractivity contribution in [3.05, 3.63) is 22.2 Å². The zero-order valence-electron chi connectivity index (χ0n) is 9.67. The Labute approximate surface area is 94.2 Å². The topological polar surface area (TPSA) is 85.3 Å². The quantitative estimate of drug-likeness (QED) is 0.621. The Balaban J connectivity index is 3.00. The van der Waals surface area contributed by atoms with Crippen LogP contribution in [-0.2, 0) is 0 Å². The minimum Gasteiger partial charge on any atom is -0.383 e. The fourth-order valence-corrected chi connectivity index (χ4v) is 1.46. The van der Waals surface area contributed by atoms with Crippen molar-refractivity contribution in [1.29, 1.82) is 0 Å². The van der Waals surface area contributed by atoms with Crippen LogP contribution in [0, 0.1) is 16.0 Å². The zero-order valence-corrected chi connectivity index (χ0v) is 9.67.